The molecule has 0 radical (unpaired) electrons. The van der Waals surface area contributed by atoms with Crippen molar-refractivity contribution < 1.29 is 9.53 Å². The maximum absolute atomic E-state index is 11.9. The van der Waals surface area contributed by atoms with Crippen LogP contribution in [0.15, 0.2) is 0 Å². The van der Waals surface area contributed by atoms with Gasteiger partial charge in [-0.05, 0) is 24.7 Å². The first-order valence-electron chi connectivity index (χ1n) is 6.38. The van der Waals surface area contributed by atoms with Crippen LogP contribution in [0.1, 0.15) is 33.1 Å². The largest absolute Gasteiger partial charge is 0.469 e. The first-order valence-corrected chi connectivity index (χ1v) is 6.38. The Morgan fingerprint density at radius 3 is 2.81 bits per heavy atom. The van der Waals surface area contributed by atoms with Crippen molar-refractivity contribution in [2.75, 3.05) is 20.2 Å². The summed E-state index contributed by atoms with van der Waals surface area (Å²) in [7, 11) is 1.51. The lowest BCUT2D eigenvalue weighted by molar-refractivity contribution is -0.151. The van der Waals surface area contributed by atoms with Crippen molar-refractivity contribution >= 4 is 5.97 Å². The number of carbonyl (C=O) groups is 1. The molecule has 2 fully saturated rings. The average molecular weight is 225 g/mol. The van der Waals surface area contributed by atoms with Gasteiger partial charge in [-0.25, -0.2) is 0 Å². The van der Waals surface area contributed by atoms with Crippen LogP contribution < -0.4 is 5.32 Å². The van der Waals surface area contributed by atoms with E-state index >= 15 is 0 Å². The lowest BCUT2D eigenvalue weighted by Crippen LogP contribution is -2.44. The highest BCUT2D eigenvalue weighted by Crippen LogP contribution is 2.50. The zero-order valence-corrected chi connectivity index (χ0v) is 10.6. The van der Waals surface area contributed by atoms with Gasteiger partial charge in [-0.15, -0.1) is 0 Å². The van der Waals surface area contributed by atoms with Gasteiger partial charge in [-0.2, -0.15) is 0 Å². The maximum Gasteiger partial charge on any atom is 0.310 e. The molecule has 0 amide bonds. The van der Waals surface area contributed by atoms with Crippen molar-refractivity contribution in [3.05, 3.63) is 0 Å². The highest BCUT2D eigenvalue weighted by Gasteiger charge is 2.52. The molecular formula is C13H23NO2. The Kier molecular flexibility index (Phi) is 3.24. The van der Waals surface area contributed by atoms with Crippen LogP contribution in [-0.2, 0) is 9.53 Å². The molecule has 0 bridgehead atoms. The molecule has 2 aliphatic rings. The molecule has 92 valence electrons. The summed E-state index contributed by atoms with van der Waals surface area (Å²) in [5, 5.41) is 3.40. The van der Waals surface area contributed by atoms with Crippen LogP contribution in [0.2, 0.25) is 0 Å². The lowest BCUT2D eigenvalue weighted by Gasteiger charge is -2.45. The quantitative estimate of drug-likeness (QED) is 0.692. The predicted molar refractivity (Wildman–Crippen MR) is 63.0 cm³/mol. The van der Waals surface area contributed by atoms with E-state index in [0.717, 1.165) is 19.0 Å². The van der Waals surface area contributed by atoms with E-state index in [-0.39, 0.29) is 17.3 Å². The molecule has 4 unspecified atom stereocenters. The summed E-state index contributed by atoms with van der Waals surface area (Å²) in [4.78, 5) is 11.9. The second-order valence-electron chi connectivity index (χ2n) is 5.73. The number of esters is 1. The Balaban J connectivity index is 2.23. The Morgan fingerprint density at radius 2 is 2.12 bits per heavy atom. The summed E-state index contributed by atoms with van der Waals surface area (Å²) in [6, 6.07) is 0. The van der Waals surface area contributed by atoms with E-state index in [4.69, 9.17) is 4.74 Å². The molecule has 2 rings (SSSR count). The summed E-state index contributed by atoms with van der Waals surface area (Å²) in [5.74, 6) is 1.41. The molecule has 0 aromatic carbocycles. The van der Waals surface area contributed by atoms with E-state index in [1.807, 2.05) is 0 Å². The Morgan fingerprint density at radius 1 is 1.38 bits per heavy atom. The van der Waals surface area contributed by atoms with E-state index in [9.17, 15) is 4.79 Å². The maximum atomic E-state index is 11.9. The van der Waals surface area contributed by atoms with Crippen molar-refractivity contribution in [1.82, 2.24) is 5.32 Å². The molecule has 3 heteroatoms. The molecule has 0 aromatic heterocycles. The first-order chi connectivity index (χ1) is 7.60. The lowest BCUT2D eigenvalue weighted by atomic mass is 9.59. The van der Waals surface area contributed by atoms with Crippen LogP contribution >= 0.6 is 0 Å². The van der Waals surface area contributed by atoms with Gasteiger partial charge >= 0.3 is 5.97 Å². The van der Waals surface area contributed by atoms with Crippen molar-refractivity contribution in [3.63, 3.8) is 0 Å². The van der Waals surface area contributed by atoms with Crippen LogP contribution in [0.5, 0.6) is 0 Å². The minimum Gasteiger partial charge on any atom is -0.469 e. The molecule has 1 heterocycles. The summed E-state index contributed by atoms with van der Waals surface area (Å²) >= 11 is 0. The van der Waals surface area contributed by atoms with Crippen LogP contribution in [0.25, 0.3) is 0 Å². The van der Waals surface area contributed by atoms with Gasteiger partial charge in [0.25, 0.3) is 0 Å². The number of carbonyl (C=O) groups excluding carboxylic acids is 1. The molecule has 1 saturated heterocycles. The SMILES string of the molecule is COC(=O)C1CNCC12CC(C)CCC2C. The normalized spacial score (nSPS) is 43.6. The summed E-state index contributed by atoms with van der Waals surface area (Å²) in [5.41, 5.74) is 0.157. The smallest absolute Gasteiger partial charge is 0.310 e. The Bertz CT molecular complexity index is 279. The Hall–Kier alpha value is -0.570. The summed E-state index contributed by atoms with van der Waals surface area (Å²) in [6.07, 6.45) is 3.72. The van der Waals surface area contributed by atoms with E-state index in [1.54, 1.807) is 0 Å². The van der Waals surface area contributed by atoms with Gasteiger partial charge in [-0.3, -0.25) is 4.79 Å². The molecule has 1 N–H and O–H groups in total. The first kappa shape index (κ1) is 11.9. The third-order valence-corrected chi connectivity index (χ3v) is 4.78. The van der Waals surface area contributed by atoms with Crippen molar-refractivity contribution in [2.24, 2.45) is 23.2 Å². The van der Waals surface area contributed by atoms with Gasteiger partial charge in [0.1, 0.15) is 0 Å². The zero-order chi connectivity index (χ0) is 11.8. The molecule has 1 aliphatic carbocycles. The molecule has 1 saturated carbocycles. The number of hydrogen-bond acceptors (Lipinski definition) is 3. The second-order valence-corrected chi connectivity index (χ2v) is 5.73. The molecule has 16 heavy (non-hydrogen) atoms. The van der Waals surface area contributed by atoms with E-state index in [1.165, 1.54) is 26.4 Å². The van der Waals surface area contributed by atoms with E-state index in [2.05, 4.69) is 19.2 Å². The van der Waals surface area contributed by atoms with Crippen molar-refractivity contribution in [2.45, 2.75) is 33.1 Å². The molecule has 3 nitrogen and oxygen atoms in total. The number of ether oxygens (including phenoxy) is 1. The van der Waals surface area contributed by atoms with Crippen LogP contribution in [0.3, 0.4) is 0 Å². The molecule has 4 atom stereocenters. The van der Waals surface area contributed by atoms with Gasteiger partial charge in [-0.1, -0.05) is 20.3 Å². The fourth-order valence-corrected chi connectivity index (χ4v) is 3.74. The summed E-state index contributed by atoms with van der Waals surface area (Å²) in [6.45, 7) is 6.39. The van der Waals surface area contributed by atoms with E-state index in [0.29, 0.717) is 5.92 Å². The van der Waals surface area contributed by atoms with Gasteiger partial charge in [0.05, 0.1) is 13.0 Å². The topological polar surface area (TPSA) is 38.3 Å². The van der Waals surface area contributed by atoms with E-state index < -0.39 is 0 Å². The van der Waals surface area contributed by atoms with Gasteiger partial charge in [0.2, 0.25) is 0 Å². The minimum absolute atomic E-state index is 0.0223. The number of methoxy groups -OCH3 is 1. The zero-order valence-electron chi connectivity index (χ0n) is 10.6. The van der Waals surface area contributed by atoms with Crippen LogP contribution in [0, 0.1) is 23.2 Å². The Labute approximate surface area is 97.9 Å². The molecule has 1 aliphatic heterocycles. The molecule has 1 spiro atoms. The third-order valence-electron chi connectivity index (χ3n) is 4.78. The molecule has 0 aromatic rings. The van der Waals surface area contributed by atoms with Crippen molar-refractivity contribution in [3.8, 4) is 0 Å². The highest BCUT2D eigenvalue weighted by molar-refractivity contribution is 5.74. The summed E-state index contributed by atoms with van der Waals surface area (Å²) < 4.78 is 4.97. The monoisotopic (exact) mass is 225 g/mol. The third kappa shape index (κ3) is 1.75. The van der Waals surface area contributed by atoms with Crippen LogP contribution in [-0.4, -0.2) is 26.2 Å². The van der Waals surface area contributed by atoms with Gasteiger partial charge in [0.15, 0.2) is 0 Å². The fraction of sp³-hybridized carbons (Fsp3) is 0.923. The van der Waals surface area contributed by atoms with Gasteiger partial charge in [0, 0.05) is 18.5 Å². The number of hydrogen-bond donors (Lipinski definition) is 1. The van der Waals surface area contributed by atoms with Crippen molar-refractivity contribution in [1.29, 1.82) is 0 Å². The predicted octanol–water partition coefficient (Wildman–Crippen LogP) is 1.82. The van der Waals surface area contributed by atoms with Gasteiger partial charge < -0.3 is 10.1 Å². The standard InChI is InChI=1S/C13H23NO2/c1-9-4-5-10(2)13(6-9)8-14-7-11(13)12(15)16-3/h9-11,14H,4-8H2,1-3H3. The minimum atomic E-state index is -0.0223. The number of rotatable bonds is 1. The number of nitrogens with one attached hydrogen (secondary N) is 1. The van der Waals surface area contributed by atoms with Crippen LogP contribution in [0.4, 0.5) is 0 Å². The highest BCUT2D eigenvalue weighted by atomic mass is 16.5. The average Bonchev–Trinajstić information content (AvgIpc) is 2.68. The second kappa shape index (κ2) is 4.36. The molecular weight excluding hydrogens is 202 g/mol. The fourth-order valence-electron chi connectivity index (χ4n) is 3.74.